The fourth-order valence-corrected chi connectivity index (χ4v) is 3.27. The zero-order valence-electron chi connectivity index (χ0n) is 10.3. The molecule has 1 heterocycles. The van der Waals surface area contributed by atoms with E-state index in [4.69, 9.17) is 0 Å². The van der Waals surface area contributed by atoms with E-state index in [9.17, 15) is 0 Å². The summed E-state index contributed by atoms with van der Waals surface area (Å²) >= 11 is 0. The highest BCUT2D eigenvalue weighted by atomic mass is 15.1. The van der Waals surface area contributed by atoms with E-state index in [2.05, 4.69) is 24.2 Å². The number of hydrogen-bond donors (Lipinski definition) is 1. The first-order chi connectivity index (χ1) is 7.25. The lowest BCUT2D eigenvalue weighted by molar-refractivity contribution is 0.205. The second-order valence-corrected chi connectivity index (χ2v) is 5.60. The second-order valence-electron chi connectivity index (χ2n) is 5.60. The SMILES string of the molecule is C[C@@H](NC1CCCN(C)C1)C1CCCC1. The molecule has 0 aromatic rings. The van der Waals surface area contributed by atoms with Crippen molar-refractivity contribution in [3.63, 3.8) is 0 Å². The zero-order valence-corrected chi connectivity index (χ0v) is 10.3. The Kier molecular flexibility index (Phi) is 4.04. The first-order valence-electron chi connectivity index (χ1n) is 6.70. The Morgan fingerprint density at radius 2 is 1.87 bits per heavy atom. The van der Waals surface area contributed by atoms with E-state index in [1.807, 2.05) is 0 Å². The maximum atomic E-state index is 3.85. The molecule has 0 amide bonds. The lowest BCUT2D eigenvalue weighted by Gasteiger charge is -2.34. The van der Waals surface area contributed by atoms with Gasteiger partial charge >= 0.3 is 0 Å². The van der Waals surface area contributed by atoms with Gasteiger partial charge in [-0.15, -0.1) is 0 Å². The van der Waals surface area contributed by atoms with Crippen LogP contribution in [0.1, 0.15) is 45.4 Å². The molecule has 15 heavy (non-hydrogen) atoms. The number of hydrogen-bond acceptors (Lipinski definition) is 2. The molecule has 2 aliphatic rings. The van der Waals surface area contributed by atoms with Gasteiger partial charge in [-0.05, 0) is 52.1 Å². The molecular formula is C13H26N2. The van der Waals surface area contributed by atoms with Gasteiger partial charge in [0.1, 0.15) is 0 Å². The standard InChI is InChI=1S/C13H26N2/c1-11(12-6-3-4-7-12)14-13-8-5-9-15(2)10-13/h11-14H,3-10H2,1-2H3/t11-,13?/m1/s1. The van der Waals surface area contributed by atoms with Crippen molar-refractivity contribution in [3.8, 4) is 0 Å². The Morgan fingerprint density at radius 3 is 2.53 bits per heavy atom. The number of piperidine rings is 1. The van der Waals surface area contributed by atoms with Crippen molar-refractivity contribution in [2.75, 3.05) is 20.1 Å². The van der Waals surface area contributed by atoms with E-state index in [0.717, 1.165) is 18.0 Å². The fourth-order valence-electron chi connectivity index (χ4n) is 3.27. The molecule has 1 N–H and O–H groups in total. The molecule has 0 radical (unpaired) electrons. The minimum atomic E-state index is 0.740. The smallest absolute Gasteiger partial charge is 0.0197 e. The van der Waals surface area contributed by atoms with Crippen LogP contribution in [-0.4, -0.2) is 37.1 Å². The van der Waals surface area contributed by atoms with E-state index in [1.165, 1.54) is 51.6 Å². The number of likely N-dealkylation sites (tertiary alicyclic amines) is 1. The molecule has 1 aliphatic carbocycles. The van der Waals surface area contributed by atoms with Crippen LogP contribution in [-0.2, 0) is 0 Å². The van der Waals surface area contributed by atoms with Gasteiger partial charge in [-0.3, -0.25) is 0 Å². The predicted octanol–water partition coefficient (Wildman–Crippen LogP) is 2.25. The van der Waals surface area contributed by atoms with Crippen molar-refractivity contribution in [2.45, 2.75) is 57.5 Å². The molecule has 1 aliphatic heterocycles. The Hall–Kier alpha value is -0.0800. The third-order valence-corrected chi connectivity index (χ3v) is 4.23. The van der Waals surface area contributed by atoms with E-state index >= 15 is 0 Å². The van der Waals surface area contributed by atoms with Gasteiger partial charge in [0, 0.05) is 18.6 Å². The maximum absolute atomic E-state index is 3.85. The van der Waals surface area contributed by atoms with Crippen molar-refractivity contribution in [1.82, 2.24) is 10.2 Å². The molecule has 2 fully saturated rings. The van der Waals surface area contributed by atoms with Crippen molar-refractivity contribution >= 4 is 0 Å². The second kappa shape index (κ2) is 5.31. The zero-order chi connectivity index (χ0) is 10.7. The summed E-state index contributed by atoms with van der Waals surface area (Å²) in [6, 6.07) is 1.49. The largest absolute Gasteiger partial charge is 0.310 e. The topological polar surface area (TPSA) is 15.3 Å². The molecule has 2 atom stereocenters. The third-order valence-electron chi connectivity index (χ3n) is 4.23. The summed E-state index contributed by atoms with van der Waals surface area (Å²) in [6.45, 7) is 4.93. The van der Waals surface area contributed by atoms with Gasteiger partial charge in [0.15, 0.2) is 0 Å². The van der Waals surface area contributed by atoms with Crippen LogP contribution in [0.3, 0.4) is 0 Å². The first-order valence-corrected chi connectivity index (χ1v) is 6.70. The Morgan fingerprint density at radius 1 is 1.13 bits per heavy atom. The van der Waals surface area contributed by atoms with Gasteiger partial charge in [0.05, 0.1) is 0 Å². The average molecular weight is 210 g/mol. The Labute approximate surface area is 94.4 Å². The van der Waals surface area contributed by atoms with Crippen LogP contribution in [0.4, 0.5) is 0 Å². The summed E-state index contributed by atoms with van der Waals surface area (Å²) in [6.07, 6.45) is 8.57. The molecule has 0 bridgehead atoms. The molecule has 2 nitrogen and oxygen atoms in total. The van der Waals surface area contributed by atoms with Crippen molar-refractivity contribution in [3.05, 3.63) is 0 Å². The van der Waals surface area contributed by atoms with Crippen molar-refractivity contribution in [2.24, 2.45) is 5.92 Å². The van der Waals surface area contributed by atoms with Gasteiger partial charge < -0.3 is 10.2 Å². The van der Waals surface area contributed by atoms with E-state index in [-0.39, 0.29) is 0 Å². The molecule has 0 aromatic heterocycles. The van der Waals surface area contributed by atoms with Crippen LogP contribution in [0.5, 0.6) is 0 Å². The summed E-state index contributed by atoms with van der Waals surface area (Å²) in [5, 5.41) is 3.85. The van der Waals surface area contributed by atoms with E-state index < -0.39 is 0 Å². The number of nitrogens with zero attached hydrogens (tertiary/aromatic N) is 1. The number of nitrogens with one attached hydrogen (secondary N) is 1. The molecule has 1 unspecified atom stereocenters. The highest BCUT2D eigenvalue weighted by Gasteiger charge is 2.25. The van der Waals surface area contributed by atoms with Crippen LogP contribution in [0.25, 0.3) is 0 Å². The summed E-state index contributed by atoms with van der Waals surface area (Å²) in [7, 11) is 2.24. The number of rotatable bonds is 3. The average Bonchev–Trinajstić information content (AvgIpc) is 2.70. The molecule has 0 spiro atoms. The molecular weight excluding hydrogens is 184 g/mol. The maximum Gasteiger partial charge on any atom is 0.0197 e. The molecule has 2 heteroatoms. The van der Waals surface area contributed by atoms with Gasteiger partial charge in [-0.2, -0.15) is 0 Å². The van der Waals surface area contributed by atoms with Crippen molar-refractivity contribution in [1.29, 1.82) is 0 Å². The van der Waals surface area contributed by atoms with Gasteiger partial charge in [0.2, 0.25) is 0 Å². The van der Waals surface area contributed by atoms with Crippen LogP contribution >= 0.6 is 0 Å². The quantitative estimate of drug-likeness (QED) is 0.768. The monoisotopic (exact) mass is 210 g/mol. The van der Waals surface area contributed by atoms with Crippen LogP contribution in [0.2, 0.25) is 0 Å². The Balaban J connectivity index is 1.74. The molecule has 1 saturated carbocycles. The summed E-state index contributed by atoms with van der Waals surface area (Å²) in [5.74, 6) is 0.956. The fraction of sp³-hybridized carbons (Fsp3) is 1.00. The van der Waals surface area contributed by atoms with Crippen molar-refractivity contribution < 1.29 is 0 Å². The molecule has 2 rings (SSSR count). The summed E-state index contributed by atoms with van der Waals surface area (Å²) in [5.41, 5.74) is 0. The minimum Gasteiger partial charge on any atom is -0.310 e. The summed E-state index contributed by atoms with van der Waals surface area (Å²) < 4.78 is 0. The molecule has 0 aromatic carbocycles. The van der Waals surface area contributed by atoms with Gasteiger partial charge in [0.25, 0.3) is 0 Å². The van der Waals surface area contributed by atoms with E-state index in [0.29, 0.717) is 0 Å². The van der Waals surface area contributed by atoms with Gasteiger partial charge in [-0.25, -0.2) is 0 Å². The van der Waals surface area contributed by atoms with Crippen LogP contribution in [0, 0.1) is 5.92 Å². The molecule has 1 saturated heterocycles. The highest BCUT2D eigenvalue weighted by molar-refractivity contribution is 4.83. The summed E-state index contributed by atoms with van der Waals surface area (Å²) in [4.78, 5) is 2.46. The van der Waals surface area contributed by atoms with E-state index in [1.54, 1.807) is 0 Å². The van der Waals surface area contributed by atoms with Crippen LogP contribution < -0.4 is 5.32 Å². The lowest BCUT2D eigenvalue weighted by Crippen LogP contribution is -2.48. The van der Waals surface area contributed by atoms with Gasteiger partial charge in [-0.1, -0.05) is 12.8 Å². The van der Waals surface area contributed by atoms with Crippen LogP contribution in [0.15, 0.2) is 0 Å². The normalized spacial score (nSPS) is 32.0. The Bertz CT molecular complexity index is 187. The number of likely N-dealkylation sites (N-methyl/N-ethyl adjacent to an activating group) is 1. The lowest BCUT2D eigenvalue weighted by atomic mass is 9.97. The first kappa shape index (κ1) is 11.4. The predicted molar refractivity (Wildman–Crippen MR) is 65.1 cm³/mol. The highest BCUT2D eigenvalue weighted by Crippen LogP contribution is 2.28. The molecule has 88 valence electrons. The third kappa shape index (κ3) is 3.18. The minimum absolute atomic E-state index is 0.740.